The van der Waals surface area contributed by atoms with Gasteiger partial charge < -0.3 is 24.2 Å². The third-order valence-electron chi connectivity index (χ3n) is 9.87. The van der Waals surface area contributed by atoms with Crippen LogP contribution in [-0.2, 0) is 34.6 Å². The maximum atomic E-state index is 15.0. The van der Waals surface area contributed by atoms with Gasteiger partial charge in [-0.05, 0) is 82.6 Å². The van der Waals surface area contributed by atoms with Crippen LogP contribution in [0.1, 0.15) is 30.2 Å². The number of carbonyl (C=O) groups excluding carboxylic acids is 1. The van der Waals surface area contributed by atoms with Crippen LogP contribution in [0.15, 0.2) is 72.9 Å². The van der Waals surface area contributed by atoms with Crippen LogP contribution < -0.4 is 19.6 Å². The highest BCUT2D eigenvalue weighted by Gasteiger charge is 2.66. The SMILES string of the molecule is COc1ccc([Si](C)(C)[C@H]2[C@H](CCn3cc(CCO)nn3)O[C@@]3(C(=O)N(Cc4cccc(I)c4)c4ccc(OC)cc43)[C@@H]2C)cc1. The Bertz CT molecular complexity index is 1710. The molecule has 4 aromatic rings. The number of hydrogen-bond acceptors (Lipinski definition) is 7. The average molecular weight is 753 g/mol. The van der Waals surface area contributed by atoms with Crippen LogP contribution in [0.5, 0.6) is 11.5 Å². The summed E-state index contributed by atoms with van der Waals surface area (Å²) in [6.45, 7) is 8.03. The molecule has 3 aromatic carbocycles. The van der Waals surface area contributed by atoms with Crippen LogP contribution in [0.25, 0.3) is 0 Å². The largest absolute Gasteiger partial charge is 0.497 e. The van der Waals surface area contributed by atoms with E-state index in [0.717, 1.165) is 31.8 Å². The highest BCUT2D eigenvalue weighted by Crippen LogP contribution is 2.60. The molecule has 1 saturated heterocycles. The molecular formula is C35H41IN4O5Si. The molecule has 1 amide bonds. The van der Waals surface area contributed by atoms with Crippen LogP contribution in [0.2, 0.25) is 18.6 Å². The van der Waals surface area contributed by atoms with E-state index >= 15 is 0 Å². The maximum Gasteiger partial charge on any atom is 0.264 e. The van der Waals surface area contributed by atoms with Gasteiger partial charge in [0.15, 0.2) is 5.60 Å². The summed E-state index contributed by atoms with van der Waals surface area (Å²) in [5.41, 5.74) is 2.49. The molecule has 2 aliphatic heterocycles. The van der Waals surface area contributed by atoms with E-state index in [-0.39, 0.29) is 30.1 Å². The second-order valence-corrected chi connectivity index (χ2v) is 18.7. The van der Waals surface area contributed by atoms with Crippen molar-refractivity contribution in [3.8, 4) is 11.5 Å². The van der Waals surface area contributed by atoms with Crippen molar-refractivity contribution in [1.82, 2.24) is 15.0 Å². The van der Waals surface area contributed by atoms with Crippen molar-refractivity contribution in [2.45, 2.75) is 63.2 Å². The topological polar surface area (TPSA) is 98.9 Å². The molecular weight excluding hydrogens is 711 g/mol. The number of anilines is 1. The fraction of sp³-hybridized carbons (Fsp3) is 0.400. The Morgan fingerprint density at radius 1 is 1.04 bits per heavy atom. The van der Waals surface area contributed by atoms with Crippen molar-refractivity contribution >= 4 is 47.4 Å². The minimum atomic E-state index is -2.29. The summed E-state index contributed by atoms with van der Waals surface area (Å²) in [5, 5.41) is 19.2. The van der Waals surface area contributed by atoms with Crippen molar-refractivity contribution in [1.29, 1.82) is 0 Å². The summed E-state index contributed by atoms with van der Waals surface area (Å²) in [4.78, 5) is 16.9. The van der Waals surface area contributed by atoms with E-state index in [1.807, 2.05) is 52.2 Å². The maximum absolute atomic E-state index is 15.0. The van der Waals surface area contributed by atoms with Gasteiger partial charge in [0.05, 0.1) is 46.3 Å². The number of methoxy groups -OCH3 is 2. The number of hydrogen-bond donors (Lipinski definition) is 1. The number of nitrogens with zero attached hydrogens (tertiary/aromatic N) is 4. The second-order valence-electron chi connectivity index (χ2n) is 12.8. The van der Waals surface area contributed by atoms with Crippen LogP contribution in [0, 0.1) is 9.49 Å². The average Bonchev–Trinajstić information content (AvgIpc) is 3.70. The van der Waals surface area contributed by atoms with Gasteiger partial charge in [-0.25, -0.2) is 0 Å². The lowest BCUT2D eigenvalue weighted by Crippen LogP contribution is -2.51. The first-order valence-corrected chi connectivity index (χ1v) is 19.8. The Morgan fingerprint density at radius 3 is 2.48 bits per heavy atom. The van der Waals surface area contributed by atoms with Crippen LogP contribution in [-0.4, -0.2) is 61.0 Å². The minimum absolute atomic E-state index is 0.0256. The van der Waals surface area contributed by atoms with Crippen molar-refractivity contribution in [2.24, 2.45) is 5.92 Å². The van der Waals surface area contributed by atoms with Gasteiger partial charge in [-0.2, -0.15) is 0 Å². The first kappa shape index (κ1) is 32.7. The van der Waals surface area contributed by atoms with Crippen LogP contribution in [0.3, 0.4) is 0 Å². The molecule has 242 valence electrons. The van der Waals surface area contributed by atoms with Crippen LogP contribution >= 0.6 is 22.6 Å². The lowest BCUT2D eigenvalue weighted by molar-refractivity contribution is -0.146. The molecule has 1 aromatic heterocycles. The summed E-state index contributed by atoms with van der Waals surface area (Å²) in [5.74, 6) is 1.37. The summed E-state index contributed by atoms with van der Waals surface area (Å²) in [6.07, 6.45) is 2.79. The molecule has 9 nitrogen and oxygen atoms in total. The smallest absolute Gasteiger partial charge is 0.264 e. The number of benzene rings is 3. The fourth-order valence-corrected chi connectivity index (χ4v) is 12.3. The molecule has 0 aliphatic carbocycles. The molecule has 4 atom stereocenters. The van der Waals surface area contributed by atoms with E-state index in [4.69, 9.17) is 14.2 Å². The number of aliphatic hydroxyl groups excluding tert-OH is 1. The molecule has 3 heterocycles. The first-order chi connectivity index (χ1) is 22.1. The summed E-state index contributed by atoms with van der Waals surface area (Å²) in [6, 6.07) is 22.6. The van der Waals surface area contributed by atoms with E-state index in [1.165, 1.54) is 5.19 Å². The molecule has 6 rings (SSSR count). The Kier molecular flexibility index (Phi) is 9.30. The second kappa shape index (κ2) is 13.1. The number of aromatic nitrogens is 3. The molecule has 0 unspecified atom stereocenters. The number of rotatable bonds is 11. The molecule has 46 heavy (non-hydrogen) atoms. The summed E-state index contributed by atoms with van der Waals surface area (Å²) >= 11 is 2.31. The van der Waals surface area contributed by atoms with Gasteiger partial charge >= 0.3 is 0 Å². The predicted octanol–water partition coefficient (Wildman–Crippen LogP) is 5.29. The Hall–Kier alpha value is -3.26. The van der Waals surface area contributed by atoms with Crippen molar-refractivity contribution in [2.75, 3.05) is 25.7 Å². The van der Waals surface area contributed by atoms with Crippen molar-refractivity contribution in [3.63, 3.8) is 0 Å². The predicted molar refractivity (Wildman–Crippen MR) is 188 cm³/mol. The lowest BCUT2D eigenvalue weighted by Gasteiger charge is -2.37. The van der Waals surface area contributed by atoms with E-state index in [2.05, 4.69) is 83.3 Å². The fourth-order valence-electron chi connectivity index (χ4n) is 7.60. The van der Waals surface area contributed by atoms with E-state index in [0.29, 0.717) is 31.7 Å². The zero-order chi connectivity index (χ0) is 32.6. The van der Waals surface area contributed by atoms with E-state index in [1.54, 1.807) is 14.2 Å². The molecule has 2 aliphatic rings. The summed E-state index contributed by atoms with van der Waals surface area (Å²) in [7, 11) is 1.05. The molecule has 0 bridgehead atoms. The van der Waals surface area contributed by atoms with Gasteiger partial charge in [-0.1, -0.05) is 54.7 Å². The lowest BCUT2D eigenvalue weighted by atomic mass is 9.82. The molecule has 1 spiro atoms. The van der Waals surface area contributed by atoms with Crippen molar-refractivity contribution < 1.29 is 24.1 Å². The van der Waals surface area contributed by atoms with E-state index in [9.17, 15) is 9.90 Å². The molecule has 0 radical (unpaired) electrons. The van der Waals surface area contributed by atoms with Gasteiger partial charge in [0.2, 0.25) is 0 Å². The number of aryl methyl sites for hydroxylation is 1. The number of ether oxygens (including phenoxy) is 3. The molecule has 1 fully saturated rings. The Balaban J connectivity index is 1.43. The van der Waals surface area contributed by atoms with Gasteiger partial charge in [0.25, 0.3) is 5.91 Å². The first-order valence-electron chi connectivity index (χ1n) is 15.7. The van der Waals surface area contributed by atoms with Crippen LogP contribution in [0.4, 0.5) is 5.69 Å². The molecule has 11 heteroatoms. The quantitative estimate of drug-likeness (QED) is 0.164. The molecule has 0 saturated carbocycles. The number of carbonyl (C=O) groups is 1. The highest BCUT2D eigenvalue weighted by molar-refractivity contribution is 14.1. The number of fused-ring (bicyclic) bond motifs is 2. The van der Waals surface area contributed by atoms with Crippen molar-refractivity contribution in [3.05, 3.63) is 93.3 Å². The van der Waals surface area contributed by atoms with Gasteiger partial charge in [0, 0.05) is 40.8 Å². The van der Waals surface area contributed by atoms with Gasteiger partial charge in [0.1, 0.15) is 11.5 Å². The number of halogens is 1. The Labute approximate surface area is 285 Å². The Morgan fingerprint density at radius 2 is 1.78 bits per heavy atom. The standard InChI is InChI=1S/C35H41IN4O5Si/c1-23-33(46(4,5)29-12-9-27(43-2)10-13-29)32(15-17-39-22-26(16-18-41)37-38-39)45-35(23)30-20-28(44-3)11-14-31(30)40(34(35)42)21-24-7-6-8-25(36)19-24/h6-14,19-20,22-23,32-33,41H,15-18,21H2,1-5H3/t23-,32+,33-,35+/m1/s1. The number of amides is 1. The zero-order valence-corrected chi connectivity index (χ0v) is 30.1. The third-order valence-corrected chi connectivity index (χ3v) is 14.9. The monoisotopic (exact) mass is 752 g/mol. The normalized spacial score (nSPS) is 22.5. The molecule has 1 N–H and O–H groups in total. The third kappa shape index (κ3) is 5.75. The van der Waals surface area contributed by atoms with Gasteiger partial charge in [-0.15, -0.1) is 5.10 Å². The van der Waals surface area contributed by atoms with E-state index < -0.39 is 13.7 Å². The number of aliphatic hydroxyl groups is 1. The highest BCUT2D eigenvalue weighted by atomic mass is 127. The minimum Gasteiger partial charge on any atom is -0.497 e. The summed E-state index contributed by atoms with van der Waals surface area (Å²) < 4.78 is 21.4. The van der Waals surface area contributed by atoms with Gasteiger partial charge in [-0.3, -0.25) is 9.48 Å². The zero-order valence-electron chi connectivity index (χ0n) is 26.9.